The Morgan fingerprint density at radius 2 is 1.86 bits per heavy atom. The highest BCUT2D eigenvalue weighted by Crippen LogP contribution is 2.39. The Morgan fingerprint density at radius 1 is 1.17 bits per heavy atom. The van der Waals surface area contributed by atoms with Gasteiger partial charge in [0.25, 0.3) is 0 Å². The molecular weight excluding hydrogens is 382 g/mol. The van der Waals surface area contributed by atoms with E-state index in [1.165, 1.54) is 18.4 Å². The molecule has 1 saturated heterocycles. The molecule has 2 aliphatic rings. The Bertz CT molecular complexity index is 892. The van der Waals surface area contributed by atoms with Gasteiger partial charge in [-0.1, -0.05) is 30.3 Å². The second-order valence-corrected chi connectivity index (χ2v) is 9.05. The highest BCUT2D eigenvalue weighted by molar-refractivity contribution is 7.71. The highest BCUT2D eigenvalue weighted by atomic mass is 32.1. The molecule has 1 saturated carbocycles. The molecule has 1 aliphatic heterocycles. The van der Waals surface area contributed by atoms with Crippen LogP contribution in [0.25, 0.3) is 0 Å². The Morgan fingerprint density at radius 3 is 2.48 bits per heavy atom. The molecule has 4 rings (SSSR count). The number of nitrogens with one attached hydrogen (secondary N) is 1. The second kappa shape index (κ2) is 8.79. The summed E-state index contributed by atoms with van der Waals surface area (Å²) in [4.78, 5) is 14.6. The van der Waals surface area contributed by atoms with Crippen LogP contribution in [0.3, 0.4) is 0 Å². The third kappa shape index (κ3) is 4.95. The molecule has 156 valence electrons. The van der Waals surface area contributed by atoms with Gasteiger partial charge in [0, 0.05) is 31.0 Å². The van der Waals surface area contributed by atoms with Gasteiger partial charge in [-0.25, -0.2) is 4.68 Å². The maximum Gasteiger partial charge on any atom is 0.223 e. The number of aromatic nitrogens is 3. The predicted octanol–water partition coefficient (Wildman–Crippen LogP) is 3.53. The molecular formula is C22H31N5OS. The zero-order valence-electron chi connectivity index (χ0n) is 17.4. The highest BCUT2D eigenvalue weighted by Gasteiger charge is 2.31. The van der Waals surface area contributed by atoms with Gasteiger partial charge in [0.15, 0.2) is 4.77 Å². The fourth-order valence-electron chi connectivity index (χ4n) is 4.04. The summed E-state index contributed by atoms with van der Waals surface area (Å²) in [6.45, 7) is 7.32. The number of nitrogens with zero attached hydrogens (tertiary/aromatic N) is 4. The summed E-state index contributed by atoms with van der Waals surface area (Å²) >= 11 is 5.81. The van der Waals surface area contributed by atoms with E-state index in [0.717, 1.165) is 43.1 Å². The molecule has 1 amide bonds. The maximum atomic E-state index is 12.3. The third-order valence-corrected chi connectivity index (χ3v) is 6.23. The van der Waals surface area contributed by atoms with Gasteiger partial charge in [-0.3, -0.25) is 14.3 Å². The first-order chi connectivity index (χ1) is 14.0. The lowest BCUT2D eigenvalue weighted by Gasteiger charge is -2.31. The number of likely N-dealkylation sites (tertiary alicyclic amines) is 1. The zero-order chi connectivity index (χ0) is 20.4. The molecule has 0 unspecified atom stereocenters. The van der Waals surface area contributed by atoms with E-state index in [4.69, 9.17) is 17.3 Å². The van der Waals surface area contributed by atoms with Crippen LogP contribution in [0.5, 0.6) is 0 Å². The van der Waals surface area contributed by atoms with Gasteiger partial charge in [-0.05, 0) is 57.3 Å². The summed E-state index contributed by atoms with van der Waals surface area (Å²) in [7, 11) is 0. The molecule has 1 aromatic heterocycles. The van der Waals surface area contributed by atoms with Gasteiger partial charge >= 0.3 is 0 Å². The summed E-state index contributed by atoms with van der Waals surface area (Å²) in [6.07, 6.45) is 4.20. The van der Waals surface area contributed by atoms with E-state index in [1.807, 2.05) is 24.6 Å². The number of carbonyl (C=O) groups excluding carboxylic acids is 1. The molecule has 2 aromatic rings. The van der Waals surface area contributed by atoms with Crippen molar-refractivity contribution in [2.24, 2.45) is 5.92 Å². The molecule has 1 N–H and O–H groups in total. The van der Waals surface area contributed by atoms with E-state index in [1.54, 1.807) is 0 Å². The molecule has 7 heteroatoms. The lowest BCUT2D eigenvalue weighted by atomic mass is 9.96. The average molecular weight is 414 g/mol. The molecule has 0 atom stereocenters. The van der Waals surface area contributed by atoms with Gasteiger partial charge in [0.2, 0.25) is 5.91 Å². The van der Waals surface area contributed by atoms with Crippen LogP contribution < -0.4 is 5.32 Å². The lowest BCUT2D eigenvalue weighted by Crippen LogP contribution is -2.42. The van der Waals surface area contributed by atoms with Gasteiger partial charge in [0.1, 0.15) is 5.82 Å². The van der Waals surface area contributed by atoms with Crippen LogP contribution in [0.1, 0.15) is 56.8 Å². The van der Waals surface area contributed by atoms with Crippen LogP contribution in [-0.2, 0) is 18.0 Å². The summed E-state index contributed by atoms with van der Waals surface area (Å²) in [5.41, 5.74) is 1.25. The minimum absolute atomic E-state index is 0.124. The van der Waals surface area contributed by atoms with E-state index in [9.17, 15) is 4.79 Å². The van der Waals surface area contributed by atoms with E-state index in [2.05, 4.69) is 39.0 Å². The van der Waals surface area contributed by atoms with Crippen LogP contribution >= 0.6 is 12.2 Å². The Balaban J connectivity index is 1.43. The fourth-order valence-corrected chi connectivity index (χ4v) is 4.29. The second-order valence-electron chi connectivity index (χ2n) is 8.68. The smallest absolute Gasteiger partial charge is 0.223 e. The molecule has 6 nitrogen and oxygen atoms in total. The number of benzene rings is 1. The van der Waals surface area contributed by atoms with Crippen molar-refractivity contribution in [2.45, 2.75) is 64.7 Å². The molecule has 1 aliphatic carbocycles. The normalized spacial score (nSPS) is 18.3. The minimum Gasteiger partial charge on any atom is -0.354 e. The summed E-state index contributed by atoms with van der Waals surface area (Å²) < 4.78 is 5.00. The van der Waals surface area contributed by atoms with Crippen molar-refractivity contribution < 1.29 is 4.79 Å². The Kier molecular flexibility index (Phi) is 6.15. The van der Waals surface area contributed by atoms with E-state index < -0.39 is 0 Å². The first kappa shape index (κ1) is 20.3. The number of rotatable bonds is 7. The summed E-state index contributed by atoms with van der Waals surface area (Å²) in [5, 5.41) is 7.95. The predicted molar refractivity (Wildman–Crippen MR) is 116 cm³/mol. The molecule has 0 spiro atoms. The van der Waals surface area contributed by atoms with E-state index >= 15 is 0 Å². The molecule has 1 aromatic carbocycles. The van der Waals surface area contributed by atoms with Crippen LogP contribution in [0.4, 0.5) is 0 Å². The largest absolute Gasteiger partial charge is 0.354 e. The Labute approximate surface area is 177 Å². The van der Waals surface area contributed by atoms with Crippen molar-refractivity contribution in [1.82, 2.24) is 24.6 Å². The number of hydrogen-bond acceptors (Lipinski definition) is 4. The molecule has 0 radical (unpaired) electrons. The van der Waals surface area contributed by atoms with Crippen molar-refractivity contribution in [1.29, 1.82) is 0 Å². The van der Waals surface area contributed by atoms with Gasteiger partial charge < -0.3 is 5.32 Å². The number of carbonyl (C=O) groups is 1. The topological polar surface area (TPSA) is 55.1 Å². The summed E-state index contributed by atoms with van der Waals surface area (Å²) in [5.74, 6) is 2.00. The number of hydrogen-bond donors (Lipinski definition) is 1. The van der Waals surface area contributed by atoms with Crippen LogP contribution in [0.2, 0.25) is 0 Å². The quantitative estimate of drug-likeness (QED) is 0.706. The summed E-state index contributed by atoms with van der Waals surface area (Å²) in [6, 6.07) is 10.7. The van der Waals surface area contributed by atoms with E-state index in [-0.39, 0.29) is 17.9 Å². The van der Waals surface area contributed by atoms with Crippen LogP contribution in [0.15, 0.2) is 30.3 Å². The molecule has 0 bridgehead atoms. The molecule has 2 fully saturated rings. The standard InChI is InChI=1S/C22H31N5OS/c1-16(2)23-21(28)19-10-12-25(13-11-19)15-27-22(29)26(20(24-27)18-8-9-18)14-17-6-4-3-5-7-17/h3-7,16,18-19H,8-15H2,1-2H3,(H,23,28). The Hall–Kier alpha value is -1.99. The van der Waals surface area contributed by atoms with Crippen LogP contribution in [0, 0.1) is 10.7 Å². The SMILES string of the molecule is CC(C)NC(=O)C1CCN(Cn2nc(C3CC3)n(Cc3ccccc3)c2=S)CC1. The van der Waals surface area contributed by atoms with Crippen molar-refractivity contribution in [2.75, 3.05) is 13.1 Å². The first-order valence-electron chi connectivity index (χ1n) is 10.8. The first-order valence-corrected chi connectivity index (χ1v) is 11.2. The third-order valence-electron chi connectivity index (χ3n) is 5.80. The average Bonchev–Trinajstić information content (AvgIpc) is 3.51. The van der Waals surface area contributed by atoms with Crippen molar-refractivity contribution in [3.05, 3.63) is 46.5 Å². The van der Waals surface area contributed by atoms with Crippen molar-refractivity contribution in [3.63, 3.8) is 0 Å². The van der Waals surface area contributed by atoms with Crippen molar-refractivity contribution >= 4 is 18.1 Å². The van der Waals surface area contributed by atoms with Gasteiger partial charge in [-0.2, -0.15) is 5.10 Å². The number of piperidine rings is 1. The van der Waals surface area contributed by atoms with E-state index in [0.29, 0.717) is 12.6 Å². The van der Waals surface area contributed by atoms with Gasteiger partial charge in [0.05, 0.1) is 13.2 Å². The number of amides is 1. The fraction of sp³-hybridized carbons (Fsp3) is 0.591. The van der Waals surface area contributed by atoms with Crippen molar-refractivity contribution in [3.8, 4) is 0 Å². The molecule has 29 heavy (non-hydrogen) atoms. The monoisotopic (exact) mass is 413 g/mol. The minimum atomic E-state index is 0.124. The maximum absolute atomic E-state index is 12.3. The zero-order valence-corrected chi connectivity index (χ0v) is 18.2. The lowest BCUT2D eigenvalue weighted by molar-refractivity contribution is -0.127. The molecule has 2 heterocycles. The van der Waals surface area contributed by atoms with Gasteiger partial charge in [-0.15, -0.1) is 0 Å². The van der Waals surface area contributed by atoms with Crippen LogP contribution in [-0.4, -0.2) is 44.3 Å².